The summed E-state index contributed by atoms with van der Waals surface area (Å²) >= 11 is 0. The molecule has 0 aromatic rings. The van der Waals surface area contributed by atoms with E-state index in [2.05, 4.69) is 10.6 Å². The topological polar surface area (TPSA) is 87.7 Å². The summed E-state index contributed by atoms with van der Waals surface area (Å²) in [4.78, 5) is 21.4. The molecule has 2 amide bonds. The van der Waals surface area contributed by atoms with Crippen LogP contribution >= 0.6 is 0 Å². The van der Waals surface area contributed by atoms with Crippen LogP contribution in [0.5, 0.6) is 0 Å². The quantitative estimate of drug-likeness (QED) is 0.614. The molecule has 1 aliphatic heterocycles. The van der Waals surface area contributed by atoms with Gasteiger partial charge in [0.2, 0.25) is 0 Å². The first-order valence-corrected chi connectivity index (χ1v) is 5.02. The number of amides is 2. The Kier molecular flexibility index (Phi) is 4.89. The average Bonchev–Trinajstić information content (AvgIpc) is 2.18. The molecule has 0 radical (unpaired) electrons. The molecule has 3 N–H and O–H groups in total. The van der Waals surface area contributed by atoms with Crippen LogP contribution in [0.4, 0.5) is 4.79 Å². The number of urea groups is 1. The van der Waals surface area contributed by atoms with Crippen molar-refractivity contribution in [3.63, 3.8) is 0 Å². The molecule has 1 heterocycles. The van der Waals surface area contributed by atoms with E-state index in [1.807, 2.05) is 0 Å². The lowest BCUT2D eigenvalue weighted by Gasteiger charge is -2.23. The monoisotopic (exact) mass is 216 g/mol. The number of aliphatic carboxylic acids is 1. The zero-order valence-corrected chi connectivity index (χ0v) is 8.49. The number of rotatable bonds is 4. The van der Waals surface area contributed by atoms with Gasteiger partial charge in [-0.2, -0.15) is 0 Å². The third-order valence-electron chi connectivity index (χ3n) is 2.18. The van der Waals surface area contributed by atoms with E-state index in [0.29, 0.717) is 13.2 Å². The SMILES string of the molecule is O=C(O)CCNC(=O)NC1CCOCC1. The number of hydrogen-bond acceptors (Lipinski definition) is 3. The van der Waals surface area contributed by atoms with Gasteiger partial charge in [0.25, 0.3) is 0 Å². The smallest absolute Gasteiger partial charge is 0.315 e. The Morgan fingerprint density at radius 2 is 2.00 bits per heavy atom. The maximum Gasteiger partial charge on any atom is 0.315 e. The average molecular weight is 216 g/mol. The predicted octanol–water partition coefficient (Wildman–Crippen LogP) is -0.0607. The molecule has 0 aromatic carbocycles. The molecule has 0 saturated carbocycles. The molecule has 0 aromatic heterocycles. The highest BCUT2D eigenvalue weighted by Gasteiger charge is 2.15. The number of nitrogens with one attached hydrogen (secondary N) is 2. The van der Waals surface area contributed by atoms with Crippen LogP contribution in [0.2, 0.25) is 0 Å². The number of carbonyl (C=O) groups is 2. The standard InChI is InChI=1S/C9H16N2O4/c12-8(13)1-4-10-9(14)11-7-2-5-15-6-3-7/h7H,1-6H2,(H,12,13)(H2,10,11,14). The maximum absolute atomic E-state index is 11.2. The first kappa shape index (κ1) is 11.8. The highest BCUT2D eigenvalue weighted by molar-refractivity contribution is 5.75. The van der Waals surface area contributed by atoms with Crippen molar-refractivity contribution in [1.29, 1.82) is 0 Å². The van der Waals surface area contributed by atoms with Gasteiger partial charge in [-0.15, -0.1) is 0 Å². The van der Waals surface area contributed by atoms with Crippen LogP contribution < -0.4 is 10.6 Å². The van der Waals surface area contributed by atoms with Crippen molar-refractivity contribution >= 4 is 12.0 Å². The van der Waals surface area contributed by atoms with Gasteiger partial charge in [0.15, 0.2) is 0 Å². The first-order valence-electron chi connectivity index (χ1n) is 5.02. The summed E-state index contributed by atoms with van der Waals surface area (Å²) in [5, 5.41) is 13.6. The Bertz CT molecular complexity index is 226. The van der Waals surface area contributed by atoms with E-state index in [4.69, 9.17) is 9.84 Å². The number of carbonyl (C=O) groups excluding carboxylic acids is 1. The molecule has 15 heavy (non-hydrogen) atoms. The van der Waals surface area contributed by atoms with Crippen LogP contribution in [-0.4, -0.2) is 42.9 Å². The highest BCUT2D eigenvalue weighted by atomic mass is 16.5. The zero-order valence-electron chi connectivity index (χ0n) is 8.49. The molecule has 1 rings (SSSR count). The van der Waals surface area contributed by atoms with Crippen LogP contribution in [0, 0.1) is 0 Å². The second-order valence-electron chi connectivity index (χ2n) is 3.43. The van der Waals surface area contributed by atoms with Gasteiger partial charge < -0.3 is 20.5 Å². The van der Waals surface area contributed by atoms with Crippen LogP contribution in [0.15, 0.2) is 0 Å². The summed E-state index contributed by atoms with van der Waals surface area (Å²) in [5.74, 6) is -0.915. The third-order valence-corrected chi connectivity index (χ3v) is 2.18. The lowest BCUT2D eigenvalue weighted by atomic mass is 10.1. The van der Waals surface area contributed by atoms with Crippen LogP contribution in [-0.2, 0) is 9.53 Å². The van der Waals surface area contributed by atoms with Gasteiger partial charge in [-0.05, 0) is 12.8 Å². The van der Waals surface area contributed by atoms with Crippen molar-refractivity contribution in [1.82, 2.24) is 10.6 Å². The van der Waals surface area contributed by atoms with E-state index in [1.54, 1.807) is 0 Å². The van der Waals surface area contributed by atoms with Gasteiger partial charge in [0.05, 0.1) is 6.42 Å². The van der Waals surface area contributed by atoms with Gasteiger partial charge in [0, 0.05) is 25.8 Å². The fourth-order valence-electron chi connectivity index (χ4n) is 1.36. The van der Waals surface area contributed by atoms with Gasteiger partial charge in [-0.1, -0.05) is 0 Å². The van der Waals surface area contributed by atoms with E-state index < -0.39 is 5.97 Å². The number of hydrogen-bond donors (Lipinski definition) is 3. The molecule has 0 aliphatic carbocycles. The molecule has 0 bridgehead atoms. The van der Waals surface area contributed by atoms with Crippen molar-refractivity contribution in [2.45, 2.75) is 25.3 Å². The second-order valence-corrected chi connectivity index (χ2v) is 3.43. The van der Waals surface area contributed by atoms with Gasteiger partial charge in [-0.25, -0.2) is 4.79 Å². The lowest BCUT2D eigenvalue weighted by molar-refractivity contribution is -0.136. The minimum atomic E-state index is -0.915. The van der Waals surface area contributed by atoms with Crippen LogP contribution in [0.1, 0.15) is 19.3 Å². The van der Waals surface area contributed by atoms with Crippen molar-refractivity contribution in [3.05, 3.63) is 0 Å². The Balaban J connectivity index is 2.09. The van der Waals surface area contributed by atoms with E-state index >= 15 is 0 Å². The summed E-state index contributed by atoms with van der Waals surface area (Å²) in [6.07, 6.45) is 1.57. The van der Waals surface area contributed by atoms with Crippen molar-refractivity contribution in [2.24, 2.45) is 0 Å². The molecule has 0 unspecified atom stereocenters. The summed E-state index contributed by atoms with van der Waals surface area (Å²) < 4.78 is 5.14. The predicted molar refractivity (Wildman–Crippen MR) is 52.6 cm³/mol. The molecule has 6 nitrogen and oxygen atoms in total. The Morgan fingerprint density at radius 1 is 1.33 bits per heavy atom. The molecular weight excluding hydrogens is 200 g/mol. The molecule has 6 heteroatoms. The zero-order chi connectivity index (χ0) is 11.1. The fraction of sp³-hybridized carbons (Fsp3) is 0.778. The Labute approximate surface area is 88.0 Å². The Morgan fingerprint density at radius 3 is 2.60 bits per heavy atom. The second kappa shape index (κ2) is 6.23. The molecular formula is C9H16N2O4. The van der Waals surface area contributed by atoms with Crippen molar-refractivity contribution < 1.29 is 19.4 Å². The van der Waals surface area contributed by atoms with Crippen molar-refractivity contribution in [2.75, 3.05) is 19.8 Å². The summed E-state index contributed by atoms with van der Waals surface area (Å²) in [6.45, 7) is 1.49. The highest BCUT2D eigenvalue weighted by Crippen LogP contribution is 2.05. The molecule has 1 fully saturated rings. The normalized spacial score (nSPS) is 17.1. The lowest BCUT2D eigenvalue weighted by Crippen LogP contribution is -2.44. The summed E-state index contributed by atoms with van der Waals surface area (Å²) in [7, 11) is 0. The van der Waals surface area contributed by atoms with Crippen molar-refractivity contribution in [3.8, 4) is 0 Å². The molecule has 0 atom stereocenters. The molecule has 1 aliphatic rings. The Hall–Kier alpha value is -1.30. The molecule has 1 saturated heterocycles. The van der Waals surface area contributed by atoms with E-state index in [0.717, 1.165) is 12.8 Å². The third kappa shape index (κ3) is 5.21. The maximum atomic E-state index is 11.2. The number of ether oxygens (including phenoxy) is 1. The fourth-order valence-corrected chi connectivity index (χ4v) is 1.36. The van der Waals surface area contributed by atoms with Gasteiger partial charge in [0.1, 0.15) is 0 Å². The number of carboxylic acids is 1. The first-order chi connectivity index (χ1) is 7.18. The largest absolute Gasteiger partial charge is 0.481 e. The van der Waals surface area contributed by atoms with Gasteiger partial charge >= 0.3 is 12.0 Å². The minimum absolute atomic E-state index is 0.0544. The molecule has 0 spiro atoms. The minimum Gasteiger partial charge on any atom is -0.481 e. The van der Waals surface area contributed by atoms with Gasteiger partial charge in [-0.3, -0.25) is 4.79 Å². The van der Waals surface area contributed by atoms with Crippen LogP contribution in [0.3, 0.4) is 0 Å². The summed E-state index contributed by atoms with van der Waals surface area (Å²) in [6, 6.07) is -0.160. The molecule has 86 valence electrons. The summed E-state index contributed by atoms with van der Waals surface area (Å²) in [5.41, 5.74) is 0. The van der Waals surface area contributed by atoms with Crippen LogP contribution in [0.25, 0.3) is 0 Å². The van der Waals surface area contributed by atoms with E-state index in [9.17, 15) is 9.59 Å². The van der Waals surface area contributed by atoms with E-state index in [-0.39, 0.29) is 25.0 Å². The van der Waals surface area contributed by atoms with E-state index in [1.165, 1.54) is 0 Å². The number of carboxylic acid groups (broad SMARTS) is 1.